The van der Waals surface area contributed by atoms with E-state index in [2.05, 4.69) is 22.0 Å². The van der Waals surface area contributed by atoms with Gasteiger partial charge in [0.25, 0.3) is 0 Å². The standard InChI is InChI=1S/C16H21N3O/c1-13(17)16-8-7-15(11-18-16)19(9-10-20)12-14-5-3-2-4-6-14/h2-8,11,13,20H,9-10,12,17H2,1H3/t13-/m1/s1. The summed E-state index contributed by atoms with van der Waals surface area (Å²) in [5.74, 6) is 0. The number of aliphatic hydroxyl groups is 1. The van der Waals surface area contributed by atoms with Gasteiger partial charge < -0.3 is 15.7 Å². The molecule has 1 heterocycles. The fourth-order valence-electron chi connectivity index (χ4n) is 2.08. The molecule has 20 heavy (non-hydrogen) atoms. The molecule has 2 rings (SSSR count). The molecule has 0 fully saturated rings. The minimum absolute atomic E-state index is 0.0653. The molecule has 1 aromatic carbocycles. The van der Waals surface area contributed by atoms with Crippen LogP contribution in [0.1, 0.15) is 24.2 Å². The van der Waals surface area contributed by atoms with Gasteiger partial charge >= 0.3 is 0 Å². The number of nitrogens with zero attached hydrogens (tertiary/aromatic N) is 2. The smallest absolute Gasteiger partial charge is 0.0606 e. The van der Waals surface area contributed by atoms with Gasteiger partial charge in [0.15, 0.2) is 0 Å². The number of anilines is 1. The van der Waals surface area contributed by atoms with Crippen molar-refractivity contribution in [3.63, 3.8) is 0 Å². The van der Waals surface area contributed by atoms with E-state index >= 15 is 0 Å². The molecule has 0 saturated heterocycles. The van der Waals surface area contributed by atoms with E-state index in [9.17, 15) is 5.11 Å². The second kappa shape index (κ2) is 7.03. The van der Waals surface area contributed by atoms with E-state index in [1.807, 2.05) is 43.5 Å². The van der Waals surface area contributed by atoms with Gasteiger partial charge in [0.2, 0.25) is 0 Å². The Hall–Kier alpha value is -1.91. The first-order valence-electron chi connectivity index (χ1n) is 6.82. The van der Waals surface area contributed by atoms with E-state index in [0.717, 1.165) is 17.9 Å². The van der Waals surface area contributed by atoms with E-state index in [1.54, 1.807) is 0 Å². The lowest BCUT2D eigenvalue weighted by Gasteiger charge is -2.24. The van der Waals surface area contributed by atoms with Crippen LogP contribution in [0.25, 0.3) is 0 Å². The summed E-state index contributed by atoms with van der Waals surface area (Å²) < 4.78 is 0. The second-order valence-corrected chi connectivity index (χ2v) is 4.86. The third kappa shape index (κ3) is 3.79. The molecular formula is C16H21N3O. The number of hydrogen-bond donors (Lipinski definition) is 2. The topological polar surface area (TPSA) is 62.4 Å². The van der Waals surface area contributed by atoms with E-state index in [4.69, 9.17) is 5.73 Å². The number of aromatic nitrogens is 1. The van der Waals surface area contributed by atoms with Crippen molar-refractivity contribution in [3.8, 4) is 0 Å². The van der Waals surface area contributed by atoms with Crippen molar-refractivity contribution in [3.05, 3.63) is 59.9 Å². The first kappa shape index (κ1) is 14.5. The Morgan fingerprint density at radius 2 is 1.95 bits per heavy atom. The maximum absolute atomic E-state index is 9.24. The van der Waals surface area contributed by atoms with Crippen LogP contribution in [-0.4, -0.2) is 23.2 Å². The molecule has 0 radical (unpaired) electrons. The molecule has 0 aliphatic rings. The first-order chi connectivity index (χ1) is 9.70. The monoisotopic (exact) mass is 271 g/mol. The maximum atomic E-state index is 9.24. The lowest BCUT2D eigenvalue weighted by Crippen LogP contribution is -2.26. The number of hydrogen-bond acceptors (Lipinski definition) is 4. The lowest BCUT2D eigenvalue weighted by atomic mass is 10.2. The number of benzene rings is 1. The molecule has 0 spiro atoms. The molecule has 4 nitrogen and oxygen atoms in total. The molecule has 0 bridgehead atoms. The van der Waals surface area contributed by atoms with Crippen molar-refractivity contribution in [2.45, 2.75) is 19.5 Å². The summed E-state index contributed by atoms with van der Waals surface area (Å²) in [5, 5.41) is 9.24. The molecular weight excluding hydrogens is 250 g/mol. The van der Waals surface area contributed by atoms with Gasteiger partial charge in [0, 0.05) is 19.1 Å². The maximum Gasteiger partial charge on any atom is 0.0606 e. The number of pyridine rings is 1. The molecule has 0 amide bonds. The molecule has 0 unspecified atom stereocenters. The number of aliphatic hydroxyl groups excluding tert-OH is 1. The largest absolute Gasteiger partial charge is 0.395 e. The van der Waals surface area contributed by atoms with Crippen LogP contribution in [0.2, 0.25) is 0 Å². The summed E-state index contributed by atoms with van der Waals surface area (Å²) in [6.45, 7) is 3.36. The van der Waals surface area contributed by atoms with Crippen LogP contribution in [0.4, 0.5) is 5.69 Å². The van der Waals surface area contributed by atoms with Crippen LogP contribution >= 0.6 is 0 Å². The quantitative estimate of drug-likeness (QED) is 0.844. The summed E-state index contributed by atoms with van der Waals surface area (Å²) in [6, 6.07) is 14.1. The highest BCUT2D eigenvalue weighted by Gasteiger charge is 2.08. The van der Waals surface area contributed by atoms with Crippen molar-refractivity contribution in [1.82, 2.24) is 4.98 Å². The third-order valence-corrected chi connectivity index (χ3v) is 3.19. The van der Waals surface area contributed by atoms with Crippen LogP contribution in [0.3, 0.4) is 0 Å². The van der Waals surface area contributed by atoms with Crippen LogP contribution in [0, 0.1) is 0 Å². The van der Waals surface area contributed by atoms with E-state index < -0.39 is 0 Å². The highest BCUT2D eigenvalue weighted by Crippen LogP contribution is 2.17. The Labute approximate surface area is 119 Å². The van der Waals surface area contributed by atoms with Crippen LogP contribution in [0.5, 0.6) is 0 Å². The predicted octanol–water partition coefficient (Wildman–Crippen LogP) is 2.10. The van der Waals surface area contributed by atoms with Crippen molar-refractivity contribution >= 4 is 5.69 Å². The highest BCUT2D eigenvalue weighted by atomic mass is 16.3. The average Bonchev–Trinajstić information content (AvgIpc) is 2.48. The van der Waals surface area contributed by atoms with Crippen molar-refractivity contribution < 1.29 is 5.11 Å². The second-order valence-electron chi connectivity index (χ2n) is 4.86. The van der Waals surface area contributed by atoms with Gasteiger partial charge in [-0.05, 0) is 24.6 Å². The van der Waals surface area contributed by atoms with E-state index in [-0.39, 0.29) is 12.6 Å². The summed E-state index contributed by atoms with van der Waals surface area (Å²) in [4.78, 5) is 6.48. The van der Waals surface area contributed by atoms with Gasteiger partial charge in [-0.25, -0.2) is 0 Å². The Morgan fingerprint density at radius 1 is 1.20 bits per heavy atom. The van der Waals surface area contributed by atoms with Gasteiger partial charge in [-0.2, -0.15) is 0 Å². The fourth-order valence-corrected chi connectivity index (χ4v) is 2.08. The third-order valence-electron chi connectivity index (χ3n) is 3.19. The zero-order valence-corrected chi connectivity index (χ0v) is 11.7. The summed E-state index contributed by atoms with van der Waals surface area (Å²) in [5.41, 5.74) is 8.88. The Kier molecular flexibility index (Phi) is 5.09. The molecule has 2 aromatic rings. The zero-order chi connectivity index (χ0) is 14.4. The van der Waals surface area contributed by atoms with Crippen LogP contribution < -0.4 is 10.6 Å². The van der Waals surface area contributed by atoms with E-state index in [0.29, 0.717) is 6.54 Å². The predicted molar refractivity (Wildman–Crippen MR) is 81.4 cm³/mol. The summed E-state index contributed by atoms with van der Waals surface area (Å²) >= 11 is 0. The van der Waals surface area contributed by atoms with Gasteiger partial charge in [-0.1, -0.05) is 30.3 Å². The van der Waals surface area contributed by atoms with Gasteiger partial charge in [0.1, 0.15) is 0 Å². The van der Waals surface area contributed by atoms with Gasteiger partial charge in [-0.15, -0.1) is 0 Å². The Balaban J connectivity index is 2.15. The average molecular weight is 271 g/mol. The summed E-state index contributed by atoms with van der Waals surface area (Å²) in [7, 11) is 0. The lowest BCUT2D eigenvalue weighted by molar-refractivity contribution is 0.301. The van der Waals surface area contributed by atoms with Crippen molar-refractivity contribution in [1.29, 1.82) is 0 Å². The molecule has 0 aliphatic heterocycles. The molecule has 1 atom stereocenters. The minimum atomic E-state index is -0.0653. The first-order valence-corrected chi connectivity index (χ1v) is 6.82. The van der Waals surface area contributed by atoms with Crippen LogP contribution in [-0.2, 0) is 6.54 Å². The molecule has 0 saturated carbocycles. The Bertz CT molecular complexity index is 511. The fraction of sp³-hybridized carbons (Fsp3) is 0.312. The molecule has 3 N–H and O–H groups in total. The molecule has 106 valence electrons. The minimum Gasteiger partial charge on any atom is -0.395 e. The van der Waals surface area contributed by atoms with Crippen molar-refractivity contribution in [2.24, 2.45) is 5.73 Å². The molecule has 0 aliphatic carbocycles. The number of nitrogens with two attached hydrogens (primary N) is 1. The van der Waals surface area contributed by atoms with Crippen LogP contribution in [0.15, 0.2) is 48.7 Å². The van der Waals surface area contributed by atoms with Gasteiger partial charge in [0.05, 0.1) is 24.2 Å². The van der Waals surface area contributed by atoms with Gasteiger partial charge in [-0.3, -0.25) is 4.98 Å². The van der Waals surface area contributed by atoms with E-state index in [1.165, 1.54) is 5.56 Å². The van der Waals surface area contributed by atoms with Crippen molar-refractivity contribution in [2.75, 3.05) is 18.1 Å². The normalized spacial score (nSPS) is 12.2. The molecule has 4 heteroatoms. The SMILES string of the molecule is C[C@@H](N)c1ccc(N(CCO)Cc2ccccc2)cn1. The number of rotatable bonds is 6. The summed E-state index contributed by atoms with van der Waals surface area (Å²) in [6.07, 6.45) is 1.82. The Morgan fingerprint density at radius 3 is 2.50 bits per heavy atom. The zero-order valence-electron chi connectivity index (χ0n) is 11.7. The molecule has 1 aromatic heterocycles. The highest BCUT2D eigenvalue weighted by molar-refractivity contribution is 5.45.